The first-order valence-corrected chi connectivity index (χ1v) is 13.0. The highest BCUT2D eigenvalue weighted by atomic mass is 19.4. The fourth-order valence-corrected chi connectivity index (χ4v) is 4.22. The summed E-state index contributed by atoms with van der Waals surface area (Å²) >= 11 is 0. The molecule has 2 aromatic heterocycles. The van der Waals surface area contributed by atoms with E-state index in [9.17, 15) is 44.3 Å². The second-order valence-corrected chi connectivity index (χ2v) is 9.85. The number of piperidine rings is 1. The van der Waals surface area contributed by atoms with Crippen molar-refractivity contribution in [2.45, 2.75) is 50.0 Å². The molecular weight excluding hydrogens is 667 g/mol. The Morgan fingerprint density at radius 1 is 0.766 bits per heavy atom. The zero-order valence-electron chi connectivity index (χ0n) is 24.3. The molecular formula is C26H29F9N4O8. The number of carboxylic acids is 3. The van der Waals surface area contributed by atoms with E-state index in [2.05, 4.69) is 21.8 Å². The van der Waals surface area contributed by atoms with Crippen molar-refractivity contribution in [3.8, 4) is 0 Å². The molecule has 2 aliphatic heterocycles. The predicted octanol–water partition coefficient (Wildman–Crippen LogP) is 3.88. The number of nitrogens with zero attached hydrogens (tertiary/aromatic N) is 4. The van der Waals surface area contributed by atoms with E-state index < -0.39 is 36.4 Å². The standard InChI is InChI=1S/C20H26N4O2.3C2HF3O2/c1-22-11-12-24(15-17-2-7-21-8-3-17)19(25)20(22)5-9-23(10-6-20)14-18-4-13-26-16-18;3*3-2(4,5)1(6)7/h2-4,7-8,13,16H,5-6,9-12,14-15H2,1H3;3*(H,6,7). The lowest BCUT2D eigenvalue weighted by atomic mass is 9.82. The molecule has 1 spiro atoms. The third-order valence-electron chi connectivity index (χ3n) is 6.64. The Hall–Kier alpha value is -4.40. The molecule has 21 heteroatoms. The lowest BCUT2D eigenvalue weighted by Crippen LogP contribution is -2.67. The van der Waals surface area contributed by atoms with Crippen LogP contribution in [0, 0.1) is 0 Å². The first kappa shape index (κ1) is 40.6. The van der Waals surface area contributed by atoms with Crippen LogP contribution < -0.4 is 0 Å². The van der Waals surface area contributed by atoms with Gasteiger partial charge in [0, 0.05) is 57.2 Å². The van der Waals surface area contributed by atoms with Crippen molar-refractivity contribution >= 4 is 23.8 Å². The molecule has 0 saturated carbocycles. The van der Waals surface area contributed by atoms with Gasteiger partial charge in [0.1, 0.15) is 5.54 Å². The Kier molecular flexibility index (Phi) is 14.7. The molecule has 0 aliphatic carbocycles. The van der Waals surface area contributed by atoms with E-state index in [0.717, 1.165) is 51.1 Å². The van der Waals surface area contributed by atoms with Gasteiger partial charge in [0.25, 0.3) is 0 Å². The summed E-state index contributed by atoms with van der Waals surface area (Å²) in [5.74, 6) is -7.99. The number of likely N-dealkylation sites (N-methyl/N-ethyl adjacent to an activating group) is 1. The number of amides is 1. The molecule has 47 heavy (non-hydrogen) atoms. The number of carboxylic acid groups (broad SMARTS) is 3. The lowest BCUT2D eigenvalue weighted by Gasteiger charge is -2.51. The summed E-state index contributed by atoms with van der Waals surface area (Å²) in [5, 5.41) is 21.4. The van der Waals surface area contributed by atoms with E-state index in [1.54, 1.807) is 24.9 Å². The zero-order chi connectivity index (χ0) is 36.2. The molecule has 3 N–H and O–H groups in total. The number of pyridine rings is 1. The van der Waals surface area contributed by atoms with Crippen LogP contribution >= 0.6 is 0 Å². The molecule has 2 aliphatic rings. The first-order chi connectivity index (χ1) is 21.5. The normalized spacial score (nSPS) is 16.9. The van der Waals surface area contributed by atoms with Gasteiger partial charge in [-0.2, -0.15) is 39.5 Å². The van der Waals surface area contributed by atoms with Gasteiger partial charge < -0.3 is 24.6 Å². The maximum absolute atomic E-state index is 13.4. The van der Waals surface area contributed by atoms with E-state index in [4.69, 9.17) is 34.1 Å². The van der Waals surface area contributed by atoms with Gasteiger partial charge in [0.05, 0.1) is 12.5 Å². The Morgan fingerprint density at radius 2 is 1.21 bits per heavy atom. The van der Waals surface area contributed by atoms with Gasteiger partial charge in [-0.25, -0.2) is 14.4 Å². The minimum Gasteiger partial charge on any atom is -0.475 e. The number of hydrogen-bond acceptors (Lipinski definition) is 8. The SMILES string of the molecule is CN1CCN(Cc2ccncc2)C(=O)C12CCN(Cc1ccoc1)CC2.O=C(O)C(F)(F)F.O=C(O)C(F)(F)F.O=C(O)C(F)(F)F. The molecule has 264 valence electrons. The van der Waals surface area contributed by atoms with Gasteiger partial charge in [-0.1, -0.05) is 0 Å². The lowest BCUT2D eigenvalue weighted by molar-refractivity contribution is -0.193. The Bertz CT molecular complexity index is 1240. The molecule has 4 heterocycles. The molecule has 0 unspecified atom stereocenters. The van der Waals surface area contributed by atoms with Crippen molar-refractivity contribution in [3.63, 3.8) is 0 Å². The minimum absolute atomic E-state index is 0.283. The number of aliphatic carboxylic acids is 3. The highest BCUT2D eigenvalue weighted by Crippen LogP contribution is 2.34. The zero-order valence-corrected chi connectivity index (χ0v) is 24.3. The fourth-order valence-electron chi connectivity index (χ4n) is 4.22. The van der Waals surface area contributed by atoms with E-state index in [-0.39, 0.29) is 11.4 Å². The molecule has 0 atom stereocenters. The predicted molar refractivity (Wildman–Crippen MR) is 139 cm³/mol. The summed E-state index contributed by atoms with van der Waals surface area (Å²) in [6, 6.07) is 6.00. The molecule has 0 bridgehead atoms. The summed E-state index contributed by atoms with van der Waals surface area (Å²) < 4.78 is 100. The molecule has 1 amide bonds. The summed E-state index contributed by atoms with van der Waals surface area (Å²) in [7, 11) is 2.10. The third-order valence-corrected chi connectivity index (χ3v) is 6.64. The molecule has 2 aromatic rings. The number of carbonyl (C=O) groups excluding carboxylic acids is 1. The second kappa shape index (κ2) is 17.0. The first-order valence-electron chi connectivity index (χ1n) is 13.0. The van der Waals surface area contributed by atoms with Crippen LogP contribution in [0.1, 0.15) is 24.0 Å². The average molecular weight is 697 g/mol. The van der Waals surface area contributed by atoms with Crippen LogP contribution in [0.2, 0.25) is 0 Å². The Labute approximate surface area is 260 Å². The van der Waals surface area contributed by atoms with Crippen LogP contribution in [0.5, 0.6) is 0 Å². The number of piperazine rings is 1. The maximum Gasteiger partial charge on any atom is 0.490 e. The second-order valence-electron chi connectivity index (χ2n) is 9.85. The summed E-state index contributed by atoms with van der Waals surface area (Å²) in [6.07, 6.45) is -6.38. The Balaban J connectivity index is 0.000000430. The number of alkyl halides is 9. The fraction of sp³-hybridized carbons (Fsp3) is 0.500. The highest BCUT2D eigenvalue weighted by molar-refractivity contribution is 5.87. The van der Waals surface area contributed by atoms with Crippen molar-refractivity contribution in [2.24, 2.45) is 0 Å². The van der Waals surface area contributed by atoms with Gasteiger partial charge in [-0.15, -0.1) is 0 Å². The smallest absolute Gasteiger partial charge is 0.475 e. The monoisotopic (exact) mass is 696 g/mol. The number of halogens is 9. The highest BCUT2D eigenvalue weighted by Gasteiger charge is 2.49. The van der Waals surface area contributed by atoms with Crippen LogP contribution in [0.15, 0.2) is 47.5 Å². The van der Waals surface area contributed by atoms with Gasteiger partial charge in [-0.3, -0.25) is 19.6 Å². The minimum atomic E-state index is -5.08. The average Bonchev–Trinajstić information content (AvgIpc) is 3.48. The number of likely N-dealkylation sites (tertiary alicyclic amines) is 1. The van der Waals surface area contributed by atoms with E-state index >= 15 is 0 Å². The molecule has 2 fully saturated rings. The van der Waals surface area contributed by atoms with Crippen molar-refractivity contribution in [1.82, 2.24) is 19.7 Å². The molecule has 4 rings (SSSR count). The summed E-state index contributed by atoms with van der Waals surface area (Å²) in [4.78, 5) is 50.9. The topological polar surface area (TPSA) is 165 Å². The summed E-state index contributed by atoms with van der Waals surface area (Å²) in [5.41, 5.74) is 1.99. The molecule has 2 saturated heterocycles. The van der Waals surface area contributed by atoms with E-state index in [1.807, 2.05) is 23.1 Å². The van der Waals surface area contributed by atoms with Crippen molar-refractivity contribution in [1.29, 1.82) is 0 Å². The third kappa shape index (κ3) is 13.5. The number of aromatic nitrogens is 1. The number of rotatable bonds is 4. The van der Waals surface area contributed by atoms with Crippen molar-refractivity contribution in [2.75, 3.05) is 33.2 Å². The van der Waals surface area contributed by atoms with Crippen molar-refractivity contribution < 1.29 is 78.4 Å². The van der Waals surface area contributed by atoms with Crippen LogP contribution in [0.25, 0.3) is 0 Å². The number of carbonyl (C=O) groups is 4. The van der Waals surface area contributed by atoms with Crippen LogP contribution in [-0.4, -0.2) is 116 Å². The van der Waals surface area contributed by atoms with Gasteiger partial charge >= 0.3 is 36.4 Å². The van der Waals surface area contributed by atoms with Crippen LogP contribution in [0.3, 0.4) is 0 Å². The maximum atomic E-state index is 13.4. The van der Waals surface area contributed by atoms with Crippen LogP contribution in [0.4, 0.5) is 39.5 Å². The Morgan fingerprint density at radius 3 is 1.60 bits per heavy atom. The van der Waals surface area contributed by atoms with Gasteiger partial charge in [0.15, 0.2) is 0 Å². The van der Waals surface area contributed by atoms with E-state index in [1.165, 1.54) is 5.56 Å². The van der Waals surface area contributed by atoms with Gasteiger partial charge in [-0.05, 0) is 43.7 Å². The van der Waals surface area contributed by atoms with Gasteiger partial charge in [0.2, 0.25) is 5.91 Å². The molecule has 12 nitrogen and oxygen atoms in total. The van der Waals surface area contributed by atoms with Crippen molar-refractivity contribution in [3.05, 3.63) is 54.2 Å². The number of hydrogen-bond donors (Lipinski definition) is 3. The largest absolute Gasteiger partial charge is 0.490 e. The summed E-state index contributed by atoms with van der Waals surface area (Å²) in [6.45, 7) is 5.16. The molecule has 0 aromatic carbocycles. The quantitative estimate of drug-likeness (QED) is 0.398. The number of furan rings is 1. The van der Waals surface area contributed by atoms with Crippen LogP contribution in [-0.2, 0) is 32.3 Å². The molecule has 0 radical (unpaired) electrons. The van der Waals surface area contributed by atoms with E-state index in [0.29, 0.717) is 6.54 Å².